The first kappa shape index (κ1) is 8.43. The summed E-state index contributed by atoms with van der Waals surface area (Å²) < 4.78 is 2.13. The number of rotatable bonds is 0. The van der Waals surface area contributed by atoms with Crippen LogP contribution in [-0.2, 0) is 0 Å². The smallest absolute Gasteiger partial charge is 0.114 e. The lowest BCUT2D eigenvalue weighted by atomic mass is 10.1. The molecule has 0 N–H and O–H groups in total. The Morgan fingerprint density at radius 1 is 0.875 bits per heavy atom. The number of hydrogen-bond acceptors (Lipinski definition) is 0. The second kappa shape index (κ2) is 2.69. The molecule has 0 radical (unpaired) electrons. The molecule has 2 heteroatoms. The summed E-state index contributed by atoms with van der Waals surface area (Å²) in [6.07, 6.45) is 0. The molecule has 0 unspecified atom stereocenters. The van der Waals surface area contributed by atoms with Crippen LogP contribution in [0.1, 0.15) is 0 Å². The minimum Gasteiger partial charge on any atom is -0.299 e. The lowest BCUT2D eigenvalue weighted by molar-refractivity contribution is 1.30. The number of halogens is 1. The molecule has 16 heavy (non-hydrogen) atoms. The van der Waals surface area contributed by atoms with E-state index in [0.717, 1.165) is 5.15 Å². The van der Waals surface area contributed by atoms with E-state index in [-0.39, 0.29) is 0 Å². The van der Waals surface area contributed by atoms with Gasteiger partial charge in [0.25, 0.3) is 0 Å². The van der Waals surface area contributed by atoms with Gasteiger partial charge in [0.15, 0.2) is 0 Å². The van der Waals surface area contributed by atoms with Crippen LogP contribution in [0.2, 0.25) is 5.15 Å². The van der Waals surface area contributed by atoms with Crippen LogP contribution in [0.25, 0.3) is 27.2 Å². The van der Waals surface area contributed by atoms with Gasteiger partial charge in [-0.25, -0.2) is 0 Å². The third kappa shape index (κ3) is 0.832. The zero-order chi connectivity index (χ0) is 10.7. The van der Waals surface area contributed by atoms with Crippen molar-refractivity contribution in [3.63, 3.8) is 0 Å². The molecule has 0 aliphatic carbocycles. The summed E-state index contributed by atoms with van der Waals surface area (Å²) in [6.45, 7) is 0. The van der Waals surface area contributed by atoms with Crippen LogP contribution < -0.4 is 0 Å². The molecule has 0 spiro atoms. The van der Waals surface area contributed by atoms with Crippen LogP contribution in [-0.4, -0.2) is 4.40 Å². The Bertz CT molecular complexity index is 813. The van der Waals surface area contributed by atoms with Crippen LogP contribution in [0, 0.1) is 0 Å². The lowest BCUT2D eigenvalue weighted by Gasteiger charge is -1.92. The topological polar surface area (TPSA) is 4.41 Å². The van der Waals surface area contributed by atoms with Crippen LogP contribution in [0.4, 0.5) is 0 Å². The zero-order valence-corrected chi connectivity index (χ0v) is 9.20. The fourth-order valence-electron chi connectivity index (χ4n) is 2.58. The van der Waals surface area contributed by atoms with Gasteiger partial charge in [-0.3, -0.25) is 4.40 Å². The highest BCUT2D eigenvalue weighted by Gasteiger charge is 2.13. The first-order chi connectivity index (χ1) is 7.86. The normalized spacial score (nSPS) is 12.1. The Labute approximate surface area is 97.2 Å². The van der Waals surface area contributed by atoms with E-state index < -0.39 is 0 Å². The molecule has 0 aliphatic rings. The summed E-state index contributed by atoms with van der Waals surface area (Å²) >= 11 is 6.29. The highest BCUT2D eigenvalue weighted by Crippen LogP contribution is 2.35. The first-order valence-corrected chi connectivity index (χ1v) is 5.64. The molecule has 76 valence electrons. The zero-order valence-electron chi connectivity index (χ0n) is 8.44. The first-order valence-electron chi connectivity index (χ1n) is 5.26. The van der Waals surface area contributed by atoms with Gasteiger partial charge in [0, 0.05) is 16.2 Å². The van der Waals surface area contributed by atoms with Crippen molar-refractivity contribution in [1.82, 2.24) is 4.40 Å². The molecular formula is C14H8ClN. The molecular weight excluding hydrogens is 218 g/mol. The molecule has 4 aromatic rings. The molecule has 0 atom stereocenters. The van der Waals surface area contributed by atoms with Crippen molar-refractivity contribution in [2.24, 2.45) is 0 Å². The van der Waals surface area contributed by atoms with Gasteiger partial charge in [0.05, 0.1) is 11.0 Å². The average Bonchev–Trinajstić information content (AvgIpc) is 2.82. The number of para-hydroxylation sites is 2. The van der Waals surface area contributed by atoms with E-state index in [1.54, 1.807) is 0 Å². The Balaban J connectivity index is 2.53. The Hall–Kier alpha value is -1.73. The summed E-state index contributed by atoms with van der Waals surface area (Å²) in [5.74, 6) is 0. The number of aromatic nitrogens is 1. The van der Waals surface area contributed by atoms with Crippen LogP contribution >= 0.6 is 11.6 Å². The van der Waals surface area contributed by atoms with Crippen LogP contribution in [0.3, 0.4) is 0 Å². The molecule has 2 aromatic heterocycles. The molecule has 4 rings (SSSR count). The summed E-state index contributed by atoms with van der Waals surface area (Å²) in [6, 6.07) is 16.7. The van der Waals surface area contributed by atoms with E-state index >= 15 is 0 Å². The van der Waals surface area contributed by atoms with E-state index in [1.165, 1.54) is 27.2 Å². The summed E-state index contributed by atoms with van der Waals surface area (Å²) in [5, 5.41) is 4.54. The Morgan fingerprint density at radius 3 is 2.62 bits per heavy atom. The lowest BCUT2D eigenvalue weighted by Crippen LogP contribution is -1.77. The molecule has 1 nitrogen and oxygen atoms in total. The minimum absolute atomic E-state index is 0.785. The second-order valence-corrected chi connectivity index (χ2v) is 4.45. The Morgan fingerprint density at radius 2 is 1.69 bits per heavy atom. The van der Waals surface area contributed by atoms with Crippen molar-refractivity contribution >= 4 is 38.8 Å². The van der Waals surface area contributed by atoms with Crippen molar-refractivity contribution in [3.8, 4) is 0 Å². The quantitative estimate of drug-likeness (QED) is 0.419. The average molecular weight is 226 g/mol. The standard InChI is InChI=1S/C14H8ClN/c15-13-8-9-4-3-6-11-10-5-1-2-7-12(10)16(13)14(9)11/h1-8H. The number of benzene rings is 2. The van der Waals surface area contributed by atoms with Gasteiger partial charge in [-0.2, -0.15) is 0 Å². The van der Waals surface area contributed by atoms with Crippen molar-refractivity contribution in [2.45, 2.75) is 0 Å². The molecule has 0 aliphatic heterocycles. The van der Waals surface area contributed by atoms with Crippen molar-refractivity contribution in [2.75, 3.05) is 0 Å². The second-order valence-electron chi connectivity index (χ2n) is 4.06. The van der Waals surface area contributed by atoms with Crippen LogP contribution in [0.5, 0.6) is 0 Å². The van der Waals surface area contributed by atoms with E-state index in [2.05, 4.69) is 40.8 Å². The largest absolute Gasteiger partial charge is 0.299 e. The van der Waals surface area contributed by atoms with E-state index in [4.69, 9.17) is 11.6 Å². The van der Waals surface area contributed by atoms with Gasteiger partial charge < -0.3 is 0 Å². The van der Waals surface area contributed by atoms with Gasteiger partial charge >= 0.3 is 0 Å². The molecule has 0 bridgehead atoms. The molecule has 0 saturated carbocycles. The highest BCUT2D eigenvalue weighted by molar-refractivity contribution is 6.32. The minimum atomic E-state index is 0.785. The number of nitrogens with zero attached hydrogens (tertiary/aromatic N) is 1. The van der Waals surface area contributed by atoms with Gasteiger partial charge in [-0.05, 0) is 12.1 Å². The summed E-state index contributed by atoms with van der Waals surface area (Å²) in [4.78, 5) is 0. The fraction of sp³-hybridized carbons (Fsp3) is 0. The molecule has 0 saturated heterocycles. The third-order valence-electron chi connectivity index (χ3n) is 3.21. The molecule has 0 amide bonds. The van der Waals surface area contributed by atoms with E-state index in [9.17, 15) is 0 Å². The van der Waals surface area contributed by atoms with Gasteiger partial charge in [-0.15, -0.1) is 0 Å². The molecule has 2 heterocycles. The molecule has 0 fully saturated rings. The van der Waals surface area contributed by atoms with Crippen molar-refractivity contribution in [3.05, 3.63) is 53.7 Å². The van der Waals surface area contributed by atoms with Crippen molar-refractivity contribution in [1.29, 1.82) is 0 Å². The maximum atomic E-state index is 6.29. The maximum Gasteiger partial charge on any atom is 0.114 e. The van der Waals surface area contributed by atoms with Crippen molar-refractivity contribution < 1.29 is 0 Å². The van der Waals surface area contributed by atoms with Gasteiger partial charge in [-0.1, -0.05) is 48.0 Å². The van der Waals surface area contributed by atoms with Gasteiger partial charge in [0.1, 0.15) is 5.15 Å². The number of fused-ring (bicyclic) bond motifs is 3. The summed E-state index contributed by atoms with van der Waals surface area (Å²) in [7, 11) is 0. The monoisotopic (exact) mass is 225 g/mol. The summed E-state index contributed by atoms with van der Waals surface area (Å²) in [5.41, 5.74) is 2.41. The predicted octanol–water partition coefficient (Wildman–Crippen LogP) is 4.34. The predicted molar refractivity (Wildman–Crippen MR) is 68.6 cm³/mol. The van der Waals surface area contributed by atoms with Gasteiger partial charge in [0.2, 0.25) is 0 Å². The maximum absolute atomic E-state index is 6.29. The fourth-order valence-corrected chi connectivity index (χ4v) is 2.87. The molecule has 2 aromatic carbocycles. The number of hydrogen-bond donors (Lipinski definition) is 0. The van der Waals surface area contributed by atoms with E-state index in [1.807, 2.05) is 12.1 Å². The highest BCUT2D eigenvalue weighted by atomic mass is 35.5. The SMILES string of the molecule is Clc1cc2cccc3c4ccccc4n1c23. The third-order valence-corrected chi connectivity index (χ3v) is 3.49. The Kier molecular flexibility index (Phi) is 1.41. The van der Waals surface area contributed by atoms with E-state index in [0.29, 0.717) is 0 Å². The van der Waals surface area contributed by atoms with Crippen LogP contribution in [0.15, 0.2) is 48.5 Å².